The van der Waals surface area contributed by atoms with E-state index in [1.165, 1.54) is 21.3 Å². The Labute approximate surface area is 169 Å². The zero-order chi connectivity index (χ0) is 20.6. The summed E-state index contributed by atoms with van der Waals surface area (Å²) in [5, 5.41) is 0. The maximum Gasteiger partial charge on any atom is 0.243 e. The number of allylic oxidation sites excluding steroid dienone is 2. The van der Waals surface area contributed by atoms with Gasteiger partial charge in [0.1, 0.15) is 5.82 Å². The number of carbonyl (C=O) groups is 2. The smallest absolute Gasteiger partial charge is 0.243 e. The second kappa shape index (κ2) is 7.97. The number of rotatable bonds is 4. The van der Waals surface area contributed by atoms with Crippen LogP contribution in [0.5, 0.6) is 0 Å². The highest BCUT2D eigenvalue weighted by Gasteiger charge is 2.47. The average Bonchev–Trinajstić information content (AvgIpc) is 2.88. The van der Waals surface area contributed by atoms with Crippen molar-refractivity contribution in [3.8, 4) is 0 Å². The Kier molecular flexibility index (Phi) is 5.54. The van der Waals surface area contributed by atoms with E-state index < -0.39 is 15.8 Å². The van der Waals surface area contributed by atoms with Crippen LogP contribution in [-0.4, -0.2) is 67.2 Å². The maximum atomic E-state index is 13.1. The number of carbonyl (C=O) groups excluding carboxylic acids is 2. The zero-order valence-electron chi connectivity index (χ0n) is 16.0. The molecule has 2 fully saturated rings. The number of fused-ring (bicyclic) bond motifs is 1. The monoisotopic (exact) mass is 421 g/mol. The minimum Gasteiger partial charge on any atom is -0.284 e. The van der Waals surface area contributed by atoms with Crippen molar-refractivity contribution >= 4 is 21.8 Å². The number of hydrogen-bond acceptors (Lipinski definition) is 5. The third-order valence-electron chi connectivity index (χ3n) is 5.94. The molecule has 0 bridgehead atoms. The number of imide groups is 1. The lowest BCUT2D eigenvalue weighted by atomic mass is 9.85. The zero-order valence-corrected chi connectivity index (χ0v) is 16.9. The fourth-order valence-corrected chi connectivity index (χ4v) is 5.76. The molecule has 2 saturated heterocycles. The van der Waals surface area contributed by atoms with E-state index in [1.807, 2.05) is 17.1 Å². The van der Waals surface area contributed by atoms with Crippen LogP contribution >= 0.6 is 0 Å². The van der Waals surface area contributed by atoms with Crippen LogP contribution in [0.2, 0.25) is 0 Å². The summed E-state index contributed by atoms with van der Waals surface area (Å²) in [5.41, 5.74) is 0. The summed E-state index contributed by atoms with van der Waals surface area (Å²) in [5.74, 6) is -1.24. The molecular formula is C20H24FN3O4S. The molecule has 7 nitrogen and oxygen atoms in total. The quantitative estimate of drug-likeness (QED) is 0.543. The summed E-state index contributed by atoms with van der Waals surface area (Å²) in [7, 11) is -3.71. The van der Waals surface area contributed by atoms with Crippen LogP contribution in [0, 0.1) is 17.7 Å². The first kappa shape index (κ1) is 20.2. The molecular weight excluding hydrogens is 397 g/mol. The Balaban J connectivity index is 1.41. The van der Waals surface area contributed by atoms with Crippen LogP contribution in [0.1, 0.15) is 19.3 Å². The summed E-state index contributed by atoms with van der Waals surface area (Å²) in [6.45, 7) is 1.82. The number of likely N-dealkylation sites (tertiary alicyclic amines) is 1. The molecule has 2 unspecified atom stereocenters. The molecule has 2 heterocycles. The van der Waals surface area contributed by atoms with Crippen molar-refractivity contribution in [2.45, 2.75) is 24.2 Å². The fourth-order valence-electron chi connectivity index (χ4n) is 4.29. The van der Waals surface area contributed by atoms with Crippen LogP contribution in [-0.2, 0) is 19.6 Å². The van der Waals surface area contributed by atoms with Gasteiger partial charge in [0.2, 0.25) is 21.8 Å². The van der Waals surface area contributed by atoms with E-state index in [0.717, 1.165) is 12.1 Å². The van der Waals surface area contributed by atoms with Crippen LogP contribution < -0.4 is 0 Å². The average molecular weight is 421 g/mol. The molecule has 156 valence electrons. The van der Waals surface area contributed by atoms with Gasteiger partial charge < -0.3 is 0 Å². The van der Waals surface area contributed by atoms with Crippen molar-refractivity contribution in [2.24, 2.45) is 11.8 Å². The van der Waals surface area contributed by atoms with Gasteiger partial charge >= 0.3 is 0 Å². The van der Waals surface area contributed by atoms with Gasteiger partial charge in [0.15, 0.2) is 0 Å². The Morgan fingerprint density at radius 1 is 0.897 bits per heavy atom. The number of sulfonamides is 1. The largest absolute Gasteiger partial charge is 0.284 e. The van der Waals surface area contributed by atoms with Crippen molar-refractivity contribution < 1.29 is 22.4 Å². The first-order valence-corrected chi connectivity index (χ1v) is 11.3. The Hall–Kier alpha value is -2.10. The van der Waals surface area contributed by atoms with Crippen molar-refractivity contribution in [3.63, 3.8) is 0 Å². The molecule has 29 heavy (non-hydrogen) atoms. The van der Waals surface area contributed by atoms with Gasteiger partial charge in [0, 0.05) is 26.2 Å². The lowest BCUT2D eigenvalue weighted by molar-refractivity contribution is -0.142. The van der Waals surface area contributed by atoms with E-state index in [2.05, 4.69) is 0 Å². The number of hydrogen-bond donors (Lipinski definition) is 0. The molecule has 1 aromatic rings. The first-order chi connectivity index (χ1) is 13.9. The van der Waals surface area contributed by atoms with E-state index in [0.29, 0.717) is 38.9 Å². The number of nitrogens with zero attached hydrogens (tertiary/aromatic N) is 3. The molecule has 2 amide bonds. The molecule has 1 aromatic carbocycles. The molecule has 9 heteroatoms. The van der Waals surface area contributed by atoms with Crippen molar-refractivity contribution in [3.05, 3.63) is 42.2 Å². The van der Waals surface area contributed by atoms with Crippen molar-refractivity contribution in [2.75, 3.05) is 32.8 Å². The molecule has 0 spiro atoms. The van der Waals surface area contributed by atoms with E-state index in [-0.39, 0.29) is 41.8 Å². The number of halogens is 1. The lowest BCUT2D eigenvalue weighted by Gasteiger charge is -2.26. The summed E-state index contributed by atoms with van der Waals surface area (Å²) in [6, 6.07) is 4.81. The number of benzene rings is 1. The van der Waals surface area contributed by atoms with Gasteiger partial charge in [-0.3, -0.25) is 19.4 Å². The Morgan fingerprint density at radius 2 is 1.52 bits per heavy atom. The Bertz CT molecular complexity index is 906. The molecule has 0 aromatic heterocycles. The Morgan fingerprint density at radius 3 is 2.14 bits per heavy atom. The van der Waals surface area contributed by atoms with Gasteiger partial charge in [-0.05, 0) is 43.5 Å². The first-order valence-electron chi connectivity index (χ1n) is 9.86. The topological polar surface area (TPSA) is 78.0 Å². The van der Waals surface area contributed by atoms with E-state index in [4.69, 9.17) is 0 Å². The van der Waals surface area contributed by atoms with Gasteiger partial charge in [-0.2, -0.15) is 4.31 Å². The van der Waals surface area contributed by atoms with Gasteiger partial charge in [0.05, 0.1) is 23.4 Å². The van der Waals surface area contributed by atoms with E-state index in [1.54, 1.807) is 0 Å². The molecule has 2 aliphatic heterocycles. The molecule has 2 atom stereocenters. The summed E-state index contributed by atoms with van der Waals surface area (Å²) in [6.07, 6.45) is 5.72. The second-order valence-electron chi connectivity index (χ2n) is 7.73. The second-order valence-corrected chi connectivity index (χ2v) is 9.67. The van der Waals surface area contributed by atoms with Crippen molar-refractivity contribution in [1.29, 1.82) is 0 Å². The normalized spacial score (nSPS) is 26.6. The summed E-state index contributed by atoms with van der Waals surface area (Å²) < 4.78 is 40.2. The van der Waals surface area contributed by atoms with Gasteiger partial charge in [-0.25, -0.2) is 12.8 Å². The fraction of sp³-hybridized carbons (Fsp3) is 0.500. The van der Waals surface area contributed by atoms with Crippen LogP contribution in [0.3, 0.4) is 0 Å². The van der Waals surface area contributed by atoms with Crippen LogP contribution in [0.4, 0.5) is 4.39 Å². The predicted molar refractivity (Wildman–Crippen MR) is 103 cm³/mol. The summed E-state index contributed by atoms with van der Waals surface area (Å²) in [4.78, 5) is 28.7. The summed E-state index contributed by atoms with van der Waals surface area (Å²) >= 11 is 0. The third kappa shape index (κ3) is 3.86. The molecule has 3 aliphatic rings. The maximum absolute atomic E-state index is 13.1. The molecule has 1 aliphatic carbocycles. The molecule has 0 radical (unpaired) electrons. The van der Waals surface area contributed by atoms with Gasteiger partial charge in [-0.1, -0.05) is 12.2 Å². The SMILES string of the molecule is O=C1C2CC=CCC2C(=O)N1CN1CCCN(S(=O)(=O)c2ccc(F)cc2)CC1. The highest BCUT2D eigenvalue weighted by atomic mass is 32.2. The van der Waals surface area contributed by atoms with Crippen LogP contribution in [0.25, 0.3) is 0 Å². The molecule has 0 saturated carbocycles. The predicted octanol–water partition coefficient (Wildman–Crippen LogP) is 1.43. The highest BCUT2D eigenvalue weighted by molar-refractivity contribution is 7.89. The van der Waals surface area contributed by atoms with E-state index >= 15 is 0 Å². The minimum atomic E-state index is -3.71. The standard InChI is InChI=1S/C20H24FN3O4S/c21-15-6-8-16(9-7-15)29(27,28)23-11-3-10-22(12-13-23)14-24-19(25)17-4-1-2-5-18(17)20(24)26/h1-2,6-9,17-18H,3-5,10-14H2. The van der Waals surface area contributed by atoms with Gasteiger partial charge in [0.25, 0.3) is 0 Å². The van der Waals surface area contributed by atoms with Crippen molar-refractivity contribution in [1.82, 2.24) is 14.1 Å². The van der Waals surface area contributed by atoms with Crippen LogP contribution in [0.15, 0.2) is 41.3 Å². The number of amides is 2. The molecule has 4 rings (SSSR count). The third-order valence-corrected chi connectivity index (χ3v) is 7.85. The van der Waals surface area contributed by atoms with E-state index in [9.17, 15) is 22.4 Å². The minimum absolute atomic E-state index is 0.0637. The lowest BCUT2D eigenvalue weighted by Crippen LogP contribution is -2.43. The highest BCUT2D eigenvalue weighted by Crippen LogP contribution is 2.35. The molecule has 0 N–H and O–H groups in total. The van der Waals surface area contributed by atoms with Gasteiger partial charge in [-0.15, -0.1) is 0 Å².